The third-order valence-electron chi connectivity index (χ3n) is 4.56. The Balaban J connectivity index is 2.28. The molecular weight excluding hydrogens is 358 g/mol. The largest absolute Gasteiger partial charge is 0.508 e. The number of rotatable bonds is 6. The average molecular weight is 381 g/mol. The first-order chi connectivity index (χ1) is 13.5. The van der Waals surface area contributed by atoms with Gasteiger partial charge in [0.1, 0.15) is 11.7 Å². The first-order valence-electron chi connectivity index (χ1n) is 9.21. The van der Waals surface area contributed by atoms with Crippen LogP contribution in [0.15, 0.2) is 42.5 Å². The summed E-state index contributed by atoms with van der Waals surface area (Å²) in [6, 6.07) is 12.0. The van der Waals surface area contributed by atoms with E-state index in [-0.39, 0.29) is 19.0 Å². The monoisotopic (exact) mass is 381 g/mol. The predicted molar refractivity (Wildman–Crippen MR) is 106 cm³/mol. The summed E-state index contributed by atoms with van der Waals surface area (Å²) in [7, 11) is 0. The number of carbonyl (C=O) groups is 2. The standard InChI is InChI=1S/C22H23NO5/c1-4-27-21(25)18-13(3)23-17-11-7-10-16(20(17)18)19(22(26)28-5-2)14-8-6-9-15(24)12-14/h6-12,19,23-24H,4-5H2,1-3H3. The van der Waals surface area contributed by atoms with E-state index in [9.17, 15) is 14.7 Å². The molecule has 146 valence electrons. The molecule has 6 heteroatoms. The number of phenolic OH excluding ortho intramolecular Hbond substituents is 1. The Kier molecular flexibility index (Phi) is 5.68. The average Bonchev–Trinajstić information content (AvgIpc) is 2.99. The second kappa shape index (κ2) is 8.17. The summed E-state index contributed by atoms with van der Waals surface area (Å²) in [4.78, 5) is 28.7. The smallest absolute Gasteiger partial charge is 0.340 e. The zero-order valence-corrected chi connectivity index (χ0v) is 16.1. The summed E-state index contributed by atoms with van der Waals surface area (Å²) in [5.41, 5.74) is 3.00. The van der Waals surface area contributed by atoms with Crippen LogP contribution in [0.1, 0.15) is 46.9 Å². The van der Waals surface area contributed by atoms with E-state index in [1.807, 2.05) is 12.1 Å². The topological polar surface area (TPSA) is 88.6 Å². The van der Waals surface area contributed by atoms with Crippen LogP contribution in [0.4, 0.5) is 0 Å². The van der Waals surface area contributed by atoms with Crippen molar-refractivity contribution in [3.63, 3.8) is 0 Å². The van der Waals surface area contributed by atoms with E-state index in [2.05, 4.69) is 4.98 Å². The summed E-state index contributed by atoms with van der Waals surface area (Å²) in [6.45, 7) is 5.76. The Morgan fingerprint density at radius 2 is 1.79 bits per heavy atom. The molecule has 0 aliphatic carbocycles. The highest BCUT2D eigenvalue weighted by Gasteiger charge is 2.30. The molecule has 28 heavy (non-hydrogen) atoms. The minimum atomic E-state index is -0.792. The summed E-state index contributed by atoms with van der Waals surface area (Å²) in [5, 5.41) is 10.5. The van der Waals surface area contributed by atoms with Crippen LogP contribution >= 0.6 is 0 Å². The molecule has 1 atom stereocenters. The van der Waals surface area contributed by atoms with Gasteiger partial charge in [-0.2, -0.15) is 0 Å². The second-order valence-corrected chi connectivity index (χ2v) is 6.40. The molecule has 3 aromatic rings. The molecule has 0 saturated heterocycles. The molecule has 1 aromatic heterocycles. The number of hydrogen-bond donors (Lipinski definition) is 2. The number of phenols is 1. The lowest BCUT2D eigenvalue weighted by Gasteiger charge is -2.18. The number of aromatic amines is 1. The lowest BCUT2D eigenvalue weighted by Crippen LogP contribution is -2.18. The van der Waals surface area contributed by atoms with Gasteiger partial charge >= 0.3 is 11.9 Å². The molecular formula is C22H23NO5. The number of carbonyl (C=O) groups excluding carboxylic acids is 2. The molecule has 1 unspecified atom stereocenters. The van der Waals surface area contributed by atoms with Crippen molar-refractivity contribution in [2.45, 2.75) is 26.7 Å². The molecule has 0 fully saturated rings. The molecule has 0 saturated carbocycles. The van der Waals surface area contributed by atoms with E-state index in [1.165, 1.54) is 12.1 Å². The van der Waals surface area contributed by atoms with Crippen molar-refractivity contribution in [3.05, 3.63) is 64.8 Å². The zero-order valence-electron chi connectivity index (χ0n) is 16.1. The van der Waals surface area contributed by atoms with Crippen LogP contribution in [0.5, 0.6) is 5.75 Å². The van der Waals surface area contributed by atoms with Crippen molar-refractivity contribution in [3.8, 4) is 5.75 Å². The molecule has 0 aliphatic heterocycles. The van der Waals surface area contributed by atoms with E-state index >= 15 is 0 Å². The highest BCUT2D eigenvalue weighted by molar-refractivity contribution is 6.08. The number of ether oxygens (including phenoxy) is 2. The van der Waals surface area contributed by atoms with Gasteiger partial charge in [-0.1, -0.05) is 24.3 Å². The van der Waals surface area contributed by atoms with Crippen LogP contribution in [0.2, 0.25) is 0 Å². The Hall–Kier alpha value is -3.28. The molecule has 0 bridgehead atoms. The first kappa shape index (κ1) is 19.5. The van der Waals surface area contributed by atoms with E-state index < -0.39 is 17.9 Å². The number of H-pyrrole nitrogens is 1. The van der Waals surface area contributed by atoms with Gasteiger partial charge < -0.3 is 19.6 Å². The van der Waals surface area contributed by atoms with Gasteiger partial charge in [-0.25, -0.2) is 4.79 Å². The molecule has 2 N–H and O–H groups in total. The summed E-state index contributed by atoms with van der Waals surface area (Å²) in [5.74, 6) is -1.64. The fraction of sp³-hybridized carbons (Fsp3) is 0.273. The number of esters is 2. The number of aromatic hydroxyl groups is 1. The normalized spacial score (nSPS) is 12.0. The van der Waals surface area contributed by atoms with Gasteiger partial charge in [0, 0.05) is 16.6 Å². The molecule has 0 spiro atoms. The fourth-order valence-corrected chi connectivity index (χ4v) is 3.48. The highest BCUT2D eigenvalue weighted by atomic mass is 16.5. The number of benzene rings is 2. The Bertz CT molecular complexity index is 1020. The van der Waals surface area contributed by atoms with Crippen LogP contribution < -0.4 is 0 Å². The maximum absolute atomic E-state index is 12.9. The number of aryl methyl sites for hydroxylation is 1. The van der Waals surface area contributed by atoms with Gasteiger partial charge in [0.15, 0.2) is 0 Å². The zero-order chi connectivity index (χ0) is 20.3. The summed E-state index contributed by atoms with van der Waals surface area (Å²) < 4.78 is 10.5. The molecule has 6 nitrogen and oxygen atoms in total. The molecule has 3 rings (SSSR count). The second-order valence-electron chi connectivity index (χ2n) is 6.40. The third kappa shape index (κ3) is 3.58. The van der Waals surface area contributed by atoms with E-state index in [4.69, 9.17) is 9.47 Å². The SMILES string of the molecule is CCOC(=O)c1c(C)[nH]c2cccc(C(C(=O)OCC)c3cccc(O)c3)c12. The van der Waals surface area contributed by atoms with Crippen LogP contribution in [0.3, 0.4) is 0 Å². The molecule has 0 aliphatic rings. The minimum Gasteiger partial charge on any atom is -0.508 e. The molecule has 0 amide bonds. The Morgan fingerprint density at radius 3 is 2.46 bits per heavy atom. The van der Waals surface area contributed by atoms with Gasteiger partial charge in [0.2, 0.25) is 0 Å². The molecule has 2 aromatic carbocycles. The van der Waals surface area contributed by atoms with Crippen molar-refractivity contribution in [1.82, 2.24) is 4.98 Å². The van der Waals surface area contributed by atoms with Crippen molar-refractivity contribution in [2.75, 3.05) is 13.2 Å². The number of fused-ring (bicyclic) bond motifs is 1. The maximum atomic E-state index is 12.9. The van der Waals surface area contributed by atoms with E-state index in [0.29, 0.717) is 27.8 Å². The van der Waals surface area contributed by atoms with Gasteiger partial charge in [0.25, 0.3) is 0 Å². The maximum Gasteiger partial charge on any atom is 0.340 e. The van der Waals surface area contributed by atoms with Crippen molar-refractivity contribution in [1.29, 1.82) is 0 Å². The predicted octanol–water partition coefficient (Wildman–Crippen LogP) is 4.05. The molecule has 0 radical (unpaired) electrons. The highest BCUT2D eigenvalue weighted by Crippen LogP contribution is 2.36. The van der Waals surface area contributed by atoms with Crippen molar-refractivity contribution in [2.24, 2.45) is 0 Å². The van der Waals surface area contributed by atoms with Crippen LogP contribution in [-0.2, 0) is 14.3 Å². The fourth-order valence-electron chi connectivity index (χ4n) is 3.48. The Morgan fingerprint density at radius 1 is 1.07 bits per heavy atom. The van der Waals surface area contributed by atoms with E-state index in [0.717, 1.165) is 5.52 Å². The van der Waals surface area contributed by atoms with Crippen LogP contribution in [-0.4, -0.2) is 35.2 Å². The van der Waals surface area contributed by atoms with Crippen LogP contribution in [0, 0.1) is 6.92 Å². The lowest BCUT2D eigenvalue weighted by atomic mass is 9.87. The van der Waals surface area contributed by atoms with Crippen molar-refractivity contribution >= 4 is 22.8 Å². The number of nitrogens with one attached hydrogen (secondary N) is 1. The summed E-state index contributed by atoms with van der Waals surface area (Å²) in [6.07, 6.45) is 0. The quantitative estimate of drug-likeness (QED) is 0.629. The van der Waals surface area contributed by atoms with E-state index in [1.54, 1.807) is 39.0 Å². The van der Waals surface area contributed by atoms with Gasteiger partial charge in [-0.15, -0.1) is 0 Å². The van der Waals surface area contributed by atoms with Gasteiger partial charge in [-0.3, -0.25) is 4.79 Å². The number of aromatic nitrogens is 1. The summed E-state index contributed by atoms with van der Waals surface area (Å²) >= 11 is 0. The van der Waals surface area contributed by atoms with Gasteiger partial charge in [-0.05, 0) is 50.1 Å². The lowest BCUT2D eigenvalue weighted by molar-refractivity contribution is -0.143. The number of hydrogen-bond acceptors (Lipinski definition) is 5. The van der Waals surface area contributed by atoms with Gasteiger partial charge in [0.05, 0.1) is 18.8 Å². The van der Waals surface area contributed by atoms with Crippen molar-refractivity contribution < 1.29 is 24.2 Å². The van der Waals surface area contributed by atoms with Crippen LogP contribution in [0.25, 0.3) is 10.9 Å². The Labute approximate surface area is 163 Å². The first-order valence-corrected chi connectivity index (χ1v) is 9.21. The molecule has 1 heterocycles. The third-order valence-corrected chi connectivity index (χ3v) is 4.56. The minimum absolute atomic E-state index is 0.0508.